The van der Waals surface area contributed by atoms with E-state index in [1.165, 1.54) is 6.07 Å². The lowest BCUT2D eigenvalue weighted by molar-refractivity contribution is 0.298. The predicted molar refractivity (Wildman–Crippen MR) is 61.2 cm³/mol. The van der Waals surface area contributed by atoms with E-state index in [2.05, 4.69) is 10.2 Å². The first-order chi connectivity index (χ1) is 8.28. The van der Waals surface area contributed by atoms with Gasteiger partial charge >= 0.3 is 0 Å². The second kappa shape index (κ2) is 3.62. The van der Waals surface area contributed by atoms with Gasteiger partial charge in [0.15, 0.2) is 0 Å². The zero-order valence-corrected chi connectivity index (χ0v) is 9.19. The number of aromatic amines is 1. The number of ether oxygens (including phenoxy) is 2. The molecule has 2 aromatic rings. The van der Waals surface area contributed by atoms with E-state index in [1.54, 1.807) is 7.11 Å². The Morgan fingerprint density at radius 1 is 1.41 bits per heavy atom. The molecule has 0 radical (unpaired) electrons. The van der Waals surface area contributed by atoms with Crippen molar-refractivity contribution in [1.82, 2.24) is 10.2 Å². The highest BCUT2D eigenvalue weighted by atomic mass is 16.5. The predicted octanol–water partition coefficient (Wildman–Crippen LogP) is 1.34. The summed E-state index contributed by atoms with van der Waals surface area (Å²) >= 11 is 0. The number of H-pyrrole nitrogens is 1. The lowest BCUT2D eigenvalue weighted by atomic mass is 10.0. The van der Waals surface area contributed by atoms with Gasteiger partial charge in [-0.25, -0.2) is 5.10 Å². The smallest absolute Gasteiger partial charge is 0.264 e. The van der Waals surface area contributed by atoms with Crippen LogP contribution >= 0.6 is 0 Å². The molecule has 0 amide bonds. The molecule has 1 aromatic heterocycles. The van der Waals surface area contributed by atoms with E-state index in [9.17, 15) is 4.79 Å². The molecule has 0 saturated carbocycles. The molecule has 0 spiro atoms. The van der Waals surface area contributed by atoms with Gasteiger partial charge in [-0.2, -0.15) is 5.10 Å². The second-order valence-corrected chi connectivity index (χ2v) is 3.76. The van der Waals surface area contributed by atoms with Crippen LogP contribution in [0, 0.1) is 0 Å². The Morgan fingerprint density at radius 3 is 3.12 bits per heavy atom. The molecular formula is C12H10N2O3. The van der Waals surface area contributed by atoms with E-state index >= 15 is 0 Å². The van der Waals surface area contributed by atoms with Crippen LogP contribution in [0.1, 0.15) is 5.56 Å². The fourth-order valence-corrected chi connectivity index (χ4v) is 1.89. The summed E-state index contributed by atoms with van der Waals surface area (Å²) in [5.74, 6) is 1.45. The molecular weight excluding hydrogens is 220 g/mol. The summed E-state index contributed by atoms with van der Waals surface area (Å²) < 4.78 is 10.7. The van der Waals surface area contributed by atoms with Crippen molar-refractivity contribution in [2.75, 3.05) is 7.11 Å². The zero-order valence-electron chi connectivity index (χ0n) is 9.19. The summed E-state index contributed by atoms with van der Waals surface area (Å²) in [5, 5.41) is 6.49. The van der Waals surface area contributed by atoms with Crippen molar-refractivity contribution in [1.29, 1.82) is 0 Å². The number of hydrogen-bond donors (Lipinski definition) is 1. The highest BCUT2D eigenvalue weighted by molar-refractivity contribution is 5.72. The van der Waals surface area contributed by atoms with Crippen LogP contribution in [0.3, 0.4) is 0 Å². The number of fused-ring (bicyclic) bond motifs is 3. The van der Waals surface area contributed by atoms with Gasteiger partial charge in [-0.1, -0.05) is 0 Å². The number of rotatable bonds is 1. The number of methoxy groups -OCH3 is 1. The highest BCUT2D eigenvalue weighted by Crippen LogP contribution is 2.37. The van der Waals surface area contributed by atoms with E-state index in [1.807, 2.05) is 18.2 Å². The van der Waals surface area contributed by atoms with Gasteiger partial charge in [-0.15, -0.1) is 0 Å². The molecule has 2 heterocycles. The summed E-state index contributed by atoms with van der Waals surface area (Å²) in [6, 6.07) is 7.03. The number of nitrogens with one attached hydrogen (secondary N) is 1. The molecule has 3 rings (SSSR count). The van der Waals surface area contributed by atoms with Gasteiger partial charge in [0.2, 0.25) is 0 Å². The van der Waals surface area contributed by atoms with Crippen molar-refractivity contribution in [3.05, 3.63) is 40.2 Å². The Kier molecular flexibility index (Phi) is 2.11. The van der Waals surface area contributed by atoms with Gasteiger partial charge in [0.25, 0.3) is 5.56 Å². The normalized spacial score (nSPS) is 12.3. The molecule has 0 saturated heterocycles. The Labute approximate surface area is 97.0 Å². The minimum Gasteiger partial charge on any atom is -0.497 e. The van der Waals surface area contributed by atoms with E-state index < -0.39 is 0 Å². The molecule has 5 heteroatoms. The SMILES string of the molecule is COc1ccc2c(c1)OCc1cc(=O)[nH]nc1-2. The largest absolute Gasteiger partial charge is 0.497 e. The lowest BCUT2D eigenvalue weighted by Crippen LogP contribution is -2.15. The van der Waals surface area contributed by atoms with Crippen molar-refractivity contribution < 1.29 is 9.47 Å². The van der Waals surface area contributed by atoms with Crippen LogP contribution in [0.4, 0.5) is 0 Å². The van der Waals surface area contributed by atoms with Gasteiger partial charge in [0.05, 0.1) is 7.11 Å². The van der Waals surface area contributed by atoms with Crippen LogP contribution in [0.15, 0.2) is 29.1 Å². The van der Waals surface area contributed by atoms with E-state index in [-0.39, 0.29) is 5.56 Å². The fourth-order valence-electron chi connectivity index (χ4n) is 1.89. The van der Waals surface area contributed by atoms with E-state index in [0.29, 0.717) is 6.61 Å². The lowest BCUT2D eigenvalue weighted by Gasteiger charge is -2.19. The summed E-state index contributed by atoms with van der Waals surface area (Å²) in [6.45, 7) is 0.354. The maximum Gasteiger partial charge on any atom is 0.264 e. The average Bonchev–Trinajstić information content (AvgIpc) is 2.37. The van der Waals surface area contributed by atoms with Crippen molar-refractivity contribution in [2.45, 2.75) is 6.61 Å². The number of aromatic nitrogens is 2. The minimum absolute atomic E-state index is 0.218. The van der Waals surface area contributed by atoms with Gasteiger partial charge in [0, 0.05) is 23.3 Å². The van der Waals surface area contributed by atoms with Crippen molar-refractivity contribution in [2.24, 2.45) is 0 Å². The Balaban J connectivity index is 2.20. The monoisotopic (exact) mass is 230 g/mol. The first kappa shape index (κ1) is 9.89. The van der Waals surface area contributed by atoms with Crippen LogP contribution in [0.5, 0.6) is 11.5 Å². The Morgan fingerprint density at radius 2 is 2.29 bits per heavy atom. The first-order valence-electron chi connectivity index (χ1n) is 5.18. The molecule has 0 fully saturated rings. The van der Waals surface area contributed by atoms with Crippen molar-refractivity contribution >= 4 is 0 Å². The van der Waals surface area contributed by atoms with Crippen LogP contribution in [0.25, 0.3) is 11.3 Å². The van der Waals surface area contributed by atoms with Gasteiger partial charge in [-0.3, -0.25) is 4.79 Å². The summed E-state index contributed by atoms with van der Waals surface area (Å²) in [7, 11) is 1.61. The molecule has 1 aromatic carbocycles. The summed E-state index contributed by atoms with van der Waals surface area (Å²) in [6.07, 6.45) is 0. The average molecular weight is 230 g/mol. The quantitative estimate of drug-likeness (QED) is 0.802. The van der Waals surface area contributed by atoms with E-state index in [0.717, 1.165) is 28.3 Å². The molecule has 86 valence electrons. The Hall–Kier alpha value is -2.30. The minimum atomic E-state index is -0.218. The highest BCUT2D eigenvalue weighted by Gasteiger charge is 2.19. The zero-order chi connectivity index (χ0) is 11.8. The second-order valence-electron chi connectivity index (χ2n) is 3.76. The fraction of sp³-hybridized carbons (Fsp3) is 0.167. The first-order valence-corrected chi connectivity index (χ1v) is 5.18. The van der Waals surface area contributed by atoms with E-state index in [4.69, 9.17) is 9.47 Å². The number of hydrogen-bond acceptors (Lipinski definition) is 4. The molecule has 1 aliphatic heterocycles. The third-order valence-corrected chi connectivity index (χ3v) is 2.71. The third-order valence-electron chi connectivity index (χ3n) is 2.71. The van der Waals surface area contributed by atoms with Gasteiger partial charge < -0.3 is 9.47 Å². The van der Waals surface area contributed by atoms with Crippen LogP contribution in [0.2, 0.25) is 0 Å². The third kappa shape index (κ3) is 1.56. The maximum atomic E-state index is 11.2. The molecule has 1 aliphatic rings. The molecule has 0 bridgehead atoms. The topological polar surface area (TPSA) is 64.2 Å². The standard InChI is InChI=1S/C12H10N2O3/c1-16-8-2-3-9-10(5-8)17-6-7-4-11(15)13-14-12(7)9/h2-5H,6H2,1H3,(H,13,15). The molecule has 0 atom stereocenters. The van der Waals surface area contributed by atoms with Crippen LogP contribution in [-0.4, -0.2) is 17.3 Å². The van der Waals surface area contributed by atoms with Crippen molar-refractivity contribution in [3.63, 3.8) is 0 Å². The summed E-state index contributed by atoms with van der Waals surface area (Å²) in [4.78, 5) is 11.2. The van der Waals surface area contributed by atoms with Crippen molar-refractivity contribution in [3.8, 4) is 22.8 Å². The molecule has 1 N–H and O–H groups in total. The molecule has 0 aliphatic carbocycles. The Bertz CT molecular complexity index is 634. The van der Waals surface area contributed by atoms with Gasteiger partial charge in [-0.05, 0) is 12.1 Å². The molecule has 17 heavy (non-hydrogen) atoms. The van der Waals surface area contributed by atoms with Gasteiger partial charge in [0.1, 0.15) is 23.8 Å². The molecule has 5 nitrogen and oxygen atoms in total. The number of nitrogens with zero attached hydrogens (tertiary/aromatic N) is 1. The number of benzene rings is 1. The van der Waals surface area contributed by atoms with Crippen LogP contribution < -0.4 is 15.0 Å². The maximum absolute atomic E-state index is 11.2. The summed E-state index contributed by atoms with van der Waals surface area (Å²) in [5.41, 5.74) is 2.20. The molecule has 0 unspecified atom stereocenters. The van der Waals surface area contributed by atoms with Crippen LogP contribution in [-0.2, 0) is 6.61 Å².